The maximum atomic E-state index is 13.6. The third-order valence-electron chi connectivity index (χ3n) is 4.79. The number of aryl methyl sites for hydroxylation is 1. The second-order valence-electron chi connectivity index (χ2n) is 7.06. The summed E-state index contributed by atoms with van der Waals surface area (Å²) in [5, 5.41) is 0. The number of piperazine rings is 1. The highest BCUT2D eigenvalue weighted by Crippen LogP contribution is 2.24. The summed E-state index contributed by atoms with van der Waals surface area (Å²) in [5.41, 5.74) is 2.55. The number of rotatable bonds is 4. The number of carbonyl (C=O) groups is 2. The van der Waals surface area contributed by atoms with Gasteiger partial charge in [0, 0.05) is 18.8 Å². The average Bonchev–Trinajstić information content (AvgIpc) is 2.62. The zero-order valence-electron chi connectivity index (χ0n) is 15.9. The maximum Gasteiger partial charge on any atom is 0.246 e. The van der Waals surface area contributed by atoms with Crippen LogP contribution in [0.15, 0.2) is 48.5 Å². The summed E-state index contributed by atoms with van der Waals surface area (Å²) in [7, 11) is 3.55. The molecular weight excluding hydrogens is 345 g/mol. The first kappa shape index (κ1) is 19.0. The van der Waals surface area contributed by atoms with Crippen LogP contribution in [0.1, 0.15) is 17.2 Å². The minimum Gasteiger partial charge on any atom is -0.330 e. The van der Waals surface area contributed by atoms with Crippen molar-refractivity contribution in [2.75, 3.05) is 38.6 Å². The minimum absolute atomic E-state index is 0.0202. The molecule has 142 valence electrons. The number of halogens is 1. The summed E-state index contributed by atoms with van der Waals surface area (Å²) >= 11 is 0. The molecule has 1 aliphatic rings. The molecule has 1 unspecified atom stereocenters. The van der Waals surface area contributed by atoms with Crippen molar-refractivity contribution in [3.8, 4) is 0 Å². The van der Waals surface area contributed by atoms with Crippen LogP contribution in [-0.4, -0.2) is 55.3 Å². The van der Waals surface area contributed by atoms with Gasteiger partial charge in [0.2, 0.25) is 11.8 Å². The molecule has 0 N–H and O–H groups in total. The van der Waals surface area contributed by atoms with Crippen LogP contribution in [0.4, 0.5) is 10.1 Å². The molecule has 6 heteroatoms. The van der Waals surface area contributed by atoms with Gasteiger partial charge in [-0.3, -0.25) is 14.5 Å². The van der Waals surface area contributed by atoms with Crippen LogP contribution < -0.4 is 4.90 Å². The molecule has 27 heavy (non-hydrogen) atoms. The number of hydrogen-bond acceptors (Lipinski definition) is 3. The second kappa shape index (κ2) is 7.88. The molecule has 1 saturated heterocycles. The fourth-order valence-corrected chi connectivity index (χ4v) is 3.37. The Labute approximate surface area is 159 Å². The van der Waals surface area contributed by atoms with Gasteiger partial charge in [-0.2, -0.15) is 0 Å². The van der Waals surface area contributed by atoms with Crippen LogP contribution in [0.3, 0.4) is 0 Å². The van der Waals surface area contributed by atoms with Crippen LogP contribution in [0.2, 0.25) is 0 Å². The Bertz CT molecular complexity index is 836. The Balaban J connectivity index is 1.76. The molecule has 3 rings (SSSR count). The standard InChI is InChI=1S/C21H24FN3O2/c1-15-7-9-18(10-8-15)25-12-11-24(14-19(25)26)21(27)20(23(2)3)16-5-4-6-17(22)13-16/h4-10,13,20H,11-12,14H2,1-3H3. The molecule has 5 nitrogen and oxygen atoms in total. The van der Waals surface area contributed by atoms with E-state index in [1.54, 1.807) is 40.9 Å². The van der Waals surface area contributed by atoms with Gasteiger partial charge in [-0.25, -0.2) is 4.39 Å². The van der Waals surface area contributed by atoms with Crippen LogP contribution >= 0.6 is 0 Å². The van der Waals surface area contributed by atoms with E-state index in [1.165, 1.54) is 12.1 Å². The van der Waals surface area contributed by atoms with Crippen molar-refractivity contribution >= 4 is 17.5 Å². The fourth-order valence-electron chi connectivity index (χ4n) is 3.37. The molecule has 1 fully saturated rings. The fraction of sp³-hybridized carbons (Fsp3) is 0.333. The number of anilines is 1. The quantitative estimate of drug-likeness (QED) is 0.832. The molecule has 0 aliphatic carbocycles. The van der Waals surface area contributed by atoms with Crippen LogP contribution in [0.25, 0.3) is 0 Å². The Kier molecular flexibility index (Phi) is 5.56. The molecule has 2 aromatic rings. The lowest BCUT2D eigenvalue weighted by atomic mass is 10.0. The molecule has 2 aromatic carbocycles. The van der Waals surface area contributed by atoms with Crippen molar-refractivity contribution in [3.05, 3.63) is 65.5 Å². The Morgan fingerprint density at radius 2 is 1.81 bits per heavy atom. The highest BCUT2D eigenvalue weighted by Gasteiger charge is 2.33. The van der Waals surface area contributed by atoms with Gasteiger partial charge in [0.25, 0.3) is 0 Å². The smallest absolute Gasteiger partial charge is 0.246 e. The van der Waals surface area contributed by atoms with E-state index in [0.717, 1.165) is 11.3 Å². The molecule has 0 saturated carbocycles. The van der Waals surface area contributed by atoms with E-state index in [1.807, 2.05) is 31.2 Å². The van der Waals surface area contributed by atoms with Gasteiger partial charge >= 0.3 is 0 Å². The monoisotopic (exact) mass is 369 g/mol. The average molecular weight is 369 g/mol. The van der Waals surface area contributed by atoms with Gasteiger partial charge in [-0.05, 0) is 50.8 Å². The first-order valence-corrected chi connectivity index (χ1v) is 8.94. The molecule has 2 amide bonds. The van der Waals surface area contributed by atoms with Gasteiger partial charge in [0.15, 0.2) is 0 Å². The number of amides is 2. The van der Waals surface area contributed by atoms with Crippen LogP contribution in [-0.2, 0) is 9.59 Å². The van der Waals surface area contributed by atoms with E-state index in [9.17, 15) is 14.0 Å². The third kappa shape index (κ3) is 4.17. The summed E-state index contributed by atoms with van der Waals surface area (Å²) in [5.74, 6) is -0.690. The molecule has 0 aromatic heterocycles. The van der Waals surface area contributed by atoms with Gasteiger partial charge in [0.05, 0.1) is 0 Å². The summed E-state index contributed by atoms with van der Waals surface area (Å²) in [6.07, 6.45) is 0. The number of hydrogen-bond donors (Lipinski definition) is 0. The van der Waals surface area contributed by atoms with E-state index in [-0.39, 0.29) is 24.2 Å². The number of carbonyl (C=O) groups excluding carboxylic acids is 2. The third-order valence-corrected chi connectivity index (χ3v) is 4.79. The lowest BCUT2D eigenvalue weighted by Crippen LogP contribution is -2.54. The molecule has 1 aliphatic heterocycles. The lowest BCUT2D eigenvalue weighted by Gasteiger charge is -2.37. The van der Waals surface area contributed by atoms with E-state index in [4.69, 9.17) is 0 Å². The number of likely N-dealkylation sites (N-methyl/N-ethyl adjacent to an activating group) is 1. The second-order valence-corrected chi connectivity index (χ2v) is 7.06. The summed E-state index contributed by atoms with van der Waals surface area (Å²) in [6.45, 7) is 2.90. The minimum atomic E-state index is -0.626. The van der Waals surface area contributed by atoms with Crippen molar-refractivity contribution in [1.82, 2.24) is 9.80 Å². The first-order valence-electron chi connectivity index (χ1n) is 8.94. The normalized spacial score (nSPS) is 16.0. The van der Waals surface area contributed by atoms with Crippen molar-refractivity contribution in [2.45, 2.75) is 13.0 Å². The maximum absolute atomic E-state index is 13.6. The molecule has 1 heterocycles. The molecular formula is C21H24FN3O2. The zero-order valence-corrected chi connectivity index (χ0v) is 15.9. The molecule has 1 atom stereocenters. The molecule has 0 spiro atoms. The number of nitrogens with zero attached hydrogens (tertiary/aromatic N) is 3. The first-order chi connectivity index (χ1) is 12.9. The van der Waals surface area contributed by atoms with Gasteiger partial charge in [-0.15, -0.1) is 0 Å². The van der Waals surface area contributed by atoms with E-state index < -0.39 is 6.04 Å². The topological polar surface area (TPSA) is 43.9 Å². The van der Waals surface area contributed by atoms with Gasteiger partial charge < -0.3 is 9.80 Å². The van der Waals surface area contributed by atoms with Crippen molar-refractivity contribution in [2.24, 2.45) is 0 Å². The zero-order chi connectivity index (χ0) is 19.6. The summed E-state index contributed by atoms with van der Waals surface area (Å²) in [6, 6.07) is 13.2. The Hall–Kier alpha value is -2.73. The largest absolute Gasteiger partial charge is 0.330 e. The van der Waals surface area contributed by atoms with Crippen LogP contribution in [0, 0.1) is 12.7 Å². The number of benzene rings is 2. The Morgan fingerprint density at radius 1 is 1.11 bits per heavy atom. The Morgan fingerprint density at radius 3 is 2.41 bits per heavy atom. The van der Waals surface area contributed by atoms with E-state index in [2.05, 4.69) is 0 Å². The van der Waals surface area contributed by atoms with Crippen molar-refractivity contribution in [1.29, 1.82) is 0 Å². The summed E-state index contributed by atoms with van der Waals surface area (Å²) in [4.78, 5) is 30.7. The van der Waals surface area contributed by atoms with Gasteiger partial charge in [-0.1, -0.05) is 29.8 Å². The predicted molar refractivity (Wildman–Crippen MR) is 103 cm³/mol. The highest BCUT2D eigenvalue weighted by molar-refractivity contribution is 5.98. The molecule has 0 radical (unpaired) electrons. The van der Waals surface area contributed by atoms with Gasteiger partial charge in [0.1, 0.15) is 18.4 Å². The highest BCUT2D eigenvalue weighted by atomic mass is 19.1. The summed E-state index contributed by atoms with van der Waals surface area (Å²) < 4.78 is 13.6. The SMILES string of the molecule is Cc1ccc(N2CCN(C(=O)C(c3cccc(F)c3)N(C)C)CC2=O)cc1. The molecule has 0 bridgehead atoms. The van der Waals surface area contributed by atoms with E-state index >= 15 is 0 Å². The predicted octanol–water partition coefficient (Wildman–Crippen LogP) is 2.61. The van der Waals surface area contributed by atoms with Crippen LogP contribution in [0.5, 0.6) is 0 Å². The van der Waals surface area contributed by atoms with Crippen molar-refractivity contribution < 1.29 is 14.0 Å². The van der Waals surface area contributed by atoms with Crippen molar-refractivity contribution in [3.63, 3.8) is 0 Å². The van der Waals surface area contributed by atoms with E-state index in [0.29, 0.717) is 18.7 Å². The lowest BCUT2D eigenvalue weighted by molar-refractivity contribution is -0.141.